The van der Waals surface area contributed by atoms with Crippen LogP contribution < -0.4 is 4.74 Å². The molecule has 0 aliphatic rings. The van der Waals surface area contributed by atoms with Crippen molar-refractivity contribution in [3.05, 3.63) is 127 Å². The largest absolute Gasteiger partial charge is 0.493 e. The quantitative estimate of drug-likeness (QED) is 0.189. The molecule has 2 aromatic heterocycles. The van der Waals surface area contributed by atoms with E-state index < -0.39 is 0 Å². The van der Waals surface area contributed by atoms with Crippen LogP contribution in [0.5, 0.6) is 5.75 Å². The minimum Gasteiger partial charge on any atom is -0.493 e. The summed E-state index contributed by atoms with van der Waals surface area (Å²) >= 11 is 0. The number of nitrogens with zero attached hydrogens (tertiary/aromatic N) is 2. The lowest BCUT2D eigenvalue weighted by atomic mass is 9.97. The lowest BCUT2D eigenvalue weighted by Gasteiger charge is -2.15. The minimum atomic E-state index is -0.363. The molecular formula is C35H28N2O3. The van der Waals surface area contributed by atoms with Crippen LogP contribution in [0, 0.1) is 0 Å². The predicted molar refractivity (Wildman–Crippen MR) is 160 cm³/mol. The van der Waals surface area contributed by atoms with Crippen molar-refractivity contribution in [2.24, 2.45) is 0 Å². The summed E-state index contributed by atoms with van der Waals surface area (Å²) < 4.78 is 11.6. The van der Waals surface area contributed by atoms with E-state index in [0.717, 1.165) is 39.3 Å². The second-order valence-corrected chi connectivity index (χ2v) is 9.53. The normalized spacial score (nSPS) is 11.0. The van der Waals surface area contributed by atoms with E-state index in [-0.39, 0.29) is 5.97 Å². The van der Waals surface area contributed by atoms with Crippen molar-refractivity contribution in [3.8, 4) is 28.0 Å². The third-order valence-corrected chi connectivity index (χ3v) is 7.06. The molecule has 6 aromatic rings. The number of ether oxygens (including phenoxy) is 2. The standard InChI is InChI=1S/C35H28N2O3/c1-2-39-35(38)28-13-14-31(30-8-4-6-26-16-19-37-23-33(26)30)34(21-28)40-20-17-24-9-11-27(12-10-24)29-7-3-5-25-15-18-36-22-32(25)29/h3-16,18-19,21-23H,2,17,20H2,1H3. The average Bonchev–Trinajstić information content (AvgIpc) is 3.01. The summed E-state index contributed by atoms with van der Waals surface area (Å²) in [5.41, 5.74) is 5.86. The molecule has 5 heteroatoms. The molecular weight excluding hydrogens is 496 g/mol. The first kappa shape index (κ1) is 25.3. The van der Waals surface area contributed by atoms with Crippen LogP contribution in [-0.4, -0.2) is 29.2 Å². The first-order valence-corrected chi connectivity index (χ1v) is 13.4. The molecule has 0 spiro atoms. The summed E-state index contributed by atoms with van der Waals surface area (Å²) in [6, 6.07) is 30.5. The Morgan fingerprint density at radius 2 is 1.40 bits per heavy atom. The minimum absolute atomic E-state index is 0.317. The highest BCUT2D eigenvalue weighted by Gasteiger charge is 2.15. The maximum atomic E-state index is 12.5. The van der Waals surface area contributed by atoms with Gasteiger partial charge < -0.3 is 9.47 Å². The third-order valence-electron chi connectivity index (χ3n) is 7.06. The van der Waals surface area contributed by atoms with Crippen molar-refractivity contribution in [1.29, 1.82) is 0 Å². The summed E-state index contributed by atoms with van der Waals surface area (Å²) in [5.74, 6) is 0.277. The highest BCUT2D eigenvalue weighted by Crippen LogP contribution is 2.36. The van der Waals surface area contributed by atoms with Crippen molar-refractivity contribution in [1.82, 2.24) is 9.97 Å². The van der Waals surface area contributed by atoms with E-state index >= 15 is 0 Å². The molecule has 0 aliphatic heterocycles. The Morgan fingerprint density at radius 1 is 0.725 bits per heavy atom. The average molecular weight is 525 g/mol. The number of hydrogen-bond donors (Lipinski definition) is 0. The van der Waals surface area contributed by atoms with Crippen LogP contribution in [0.3, 0.4) is 0 Å². The number of rotatable bonds is 8. The van der Waals surface area contributed by atoms with E-state index in [1.807, 2.05) is 42.9 Å². The van der Waals surface area contributed by atoms with Gasteiger partial charge in [0.15, 0.2) is 0 Å². The molecule has 0 saturated carbocycles. The van der Waals surface area contributed by atoms with Crippen LogP contribution in [0.2, 0.25) is 0 Å². The summed E-state index contributed by atoms with van der Waals surface area (Å²) in [6.07, 6.45) is 8.11. The van der Waals surface area contributed by atoms with Crippen molar-refractivity contribution in [3.63, 3.8) is 0 Å². The van der Waals surface area contributed by atoms with Gasteiger partial charge in [-0.1, -0.05) is 60.7 Å². The summed E-state index contributed by atoms with van der Waals surface area (Å²) in [7, 11) is 0. The van der Waals surface area contributed by atoms with E-state index in [4.69, 9.17) is 9.47 Å². The number of carbonyl (C=O) groups is 1. The summed E-state index contributed by atoms with van der Waals surface area (Å²) in [5, 5.41) is 4.43. The fraction of sp³-hybridized carbons (Fsp3) is 0.114. The van der Waals surface area contributed by atoms with Gasteiger partial charge >= 0.3 is 5.97 Å². The molecule has 0 amide bonds. The maximum absolute atomic E-state index is 12.5. The fourth-order valence-corrected chi connectivity index (χ4v) is 5.05. The van der Waals surface area contributed by atoms with Gasteiger partial charge in [0, 0.05) is 47.5 Å². The Bertz CT molecular complexity index is 1800. The molecule has 5 nitrogen and oxygen atoms in total. The highest BCUT2D eigenvalue weighted by atomic mass is 16.5. The molecule has 6 rings (SSSR count). The van der Waals surface area contributed by atoms with Crippen LogP contribution in [0.4, 0.5) is 0 Å². The molecule has 4 aromatic carbocycles. The van der Waals surface area contributed by atoms with Gasteiger partial charge in [-0.3, -0.25) is 9.97 Å². The predicted octanol–water partition coefficient (Wildman–Crippen LogP) is 7.92. The molecule has 0 radical (unpaired) electrons. The van der Waals surface area contributed by atoms with Crippen LogP contribution in [0.25, 0.3) is 43.8 Å². The number of hydrogen-bond acceptors (Lipinski definition) is 5. The Balaban J connectivity index is 1.25. The van der Waals surface area contributed by atoms with Gasteiger partial charge in [-0.25, -0.2) is 4.79 Å². The Morgan fingerprint density at radius 3 is 2.10 bits per heavy atom. The third kappa shape index (κ3) is 5.14. The molecule has 0 fully saturated rings. The highest BCUT2D eigenvalue weighted by molar-refractivity contribution is 5.99. The number of esters is 1. The first-order chi connectivity index (χ1) is 19.7. The van der Waals surface area contributed by atoms with Gasteiger partial charge in [0.1, 0.15) is 5.75 Å². The van der Waals surface area contributed by atoms with Crippen LogP contribution in [0.1, 0.15) is 22.8 Å². The zero-order valence-corrected chi connectivity index (χ0v) is 22.2. The number of fused-ring (bicyclic) bond motifs is 2. The molecule has 0 unspecified atom stereocenters. The summed E-state index contributed by atoms with van der Waals surface area (Å²) in [4.78, 5) is 21.1. The molecule has 40 heavy (non-hydrogen) atoms. The van der Waals surface area contributed by atoms with Gasteiger partial charge in [-0.2, -0.15) is 0 Å². The van der Waals surface area contributed by atoms with Gasteiger partial charge in [0.2, 0.25) is 0 Å². The molecule has 0 aliphatic carbocycles. The van der Waals surface area contributed by atoms with E-state index in [1.165, 1.54) is 16.5 Å². The van der Waals surface area contributed by atoms with Crippen molar-refractivity contribution in [2.45, 2.75) is 13.3 Å². The Kier molecular flexibility index (Phi) is 7.18. The van der Waals surface area contributed by atoms with Crippen LogP contribution >= 0.6 is 0 Å². The fourth-order valence-electron chi connectivity index (χ4n) is 5.05. The van der Waals surface area contributed by atoms with Gasteiger partial charge in [0.05, 0.1) is 18.8 Å². The smallest absolute Gasteiger partial charge is 0.338 e. The number of carbonyl (C=O) groups excluding carboxylic acids is 1. The van der Waals surface area contributed by atoms with Crippen molar-refractivity contribution >= 4 is 27.5 Å². The van der Waals surface area contributed by atoms with E-state index in [0.29, 0.717) is 24.5 Å². The molecule has 196 valence electrons. The maximum Gasteiger partial charge on any atom is 0.338 e. The van der Waals surface area contributed by atoms with Crippen molar-refractivity contribution < 1.29 is 14.3 Å². The lowest BCUT2D eigenvalue weighted by Crippen LogP contribution is -2.07. The monoisotopic (exact) mass is 524 g/mol. The first-order valence-electron chi connectivity index (χ1n) is 13.4. The van der Waals surface area contributed by atoms with Gasteiger partial charge in [-0.15, -0.1) is 0 Å². The molecule has 0 saturated heterocycles. The molecule has 0 atom stereocenters. The molecule has 2 heterocycles. The van der Waals surface area contributed by atoms with Crippen LogP contribution in [-0.2, 0) is 11.2 Å². The molecule has 0 N–H and O–H groups in total. The van der Waals surface area contributed by atoms with Gasteiger partial charge in [0.25, 0.3) is 0 Å². The Labute approximate surface area is 233 Å². The summed E-state index contributed by atoms with van der Waals surface area (Å²) in [6.45, 7) is 2.58. The zero-order chi connectivity index (χ0) is 27.3. The number of aromatic nitrogens is 2. The van der Waals surface area contributed by atoms with E-state index in [1.54, 1.807) is 25.3 Å². The van der Waals surface area contributed by atoms with Gasteiger partial charge in [-0.05, 0) is 70.3 Å². The van der Waals surface area contributed by atoms with E-state index in [2.05, 4.69) is 64.6 Å². The zero-order valence-electron chi connectivity index (χ0n) is 22.2. The van der Waals surface area contributed by atoms with E-state index in [9.17, 15) is 4.79 Å². The van der Waals surface area contributed by atoms with Crippen molar-refractivity contribution in [2.75, 3.05) is 13.2 Å². The second kappa shape index (κ2) is 11.4. The second-order valence-electron chi connectivity index (χ2n) is 9.53. The number of pyridine rings is 2. The van der Waals surface area contributed by atoms with Crippen LogP contribution in [0.15, 0.2) is 116 Å². The Hall–Kier alpha value is -5.03. The SMILES string of the molecule is CCOC(=O)c1ccc(-c2cccc3ccncc23)c(OCCc2ccc(-c3cccc4ccncc34)cc2)c1. The lowest BCUT2D eigenvalue weighted by molar-refractivity contribution is 0.0526. The topological polar surface area (TPSA) is 61.3 Å². The molecule has 0 bridgehead atoms. The number of benzene rings is 4.